The first-order chi connectivity index (χ1) is 9.24. The molecule has 0 aromatic heterocycles. The summed E-state index contributed by atoms with van der Waals surface area (Å²) in [5.74, 6) is 1.72. The number of methoxy groups -OCH3 is 1. The maximum absolute atomic E-state index is 13.8. The van der Waals surface area contributed by atoms with Crippen LogP contribution in [-0.4, -0.2) is 13.2 Å². The van der Waals surface area contributed by atoms with Gasteiger partial charge in [0.2, 0.25) is 0 Å². The first-order valence-corrected chi connectivity index (χ1v) is 7.18. The molecule has 0 N–H and O–H groups in total. The van der Waals surface area contributed by atoms with Crippen molar-refractivity contribution in [3.05, 3.63) is 29.6 Å². The molecule has 0 aliphatic heterocycles. The second-order valence-corrected chi connectivity index (χ2v) is 5.95. The highest BCUT2D eigenvalue weighted by Crippen LogP contribution is 2.43. The summed E-state index contributed by atoms with van der Waals surface area (Å²) in [6, 6.07) is 4.99. The molecule has 0 heterocycles. The van der Waals surface area contributed by atoms with Crippen LogP contribution in [0.4, 0.5) is 4.39 Å². The number of hydrogen-bond acceptors (Lipinski definition) is 2. The molecule has 2 nitrogen and oxygen atoms in total. The minimum atomic E-state index is -0.266. The van der Waals surface area contributed by atoms with Crippen molar-refractivity contribution in [2.24, 2.45) is 11.8 Å². The Balaban J connectivity index is 1.70. The average molecular weight is 264 g/mol. The van der Waals surface area contributed by atoms with Crippen molar-refractivity contribution >= 4 is 0 Å². The molecule has 2 aliphatic carbocycles. The van der Waals surface area contributed by atoms with E-state index >= 15 is 0 Å². The van der Waals surface area contributed by atoms with E-state index in [0.29, 0.717) is 12.4 Å². The van der Waals surface area contributed by atoms with Crippen LogP contribution >= 0.6 is 0 Å². The minimum Gasteiger partial charge on any atom is -0.487 e. The number of rotatable bonds is 4. The monoisotopic (exact) mass is 264 g/mol. The Bertz CT molecular complexity index is 434. The van der Waals surface area contributed by atoms with Gasteiger partial charge >= 0.3 is 0 Å². The summed E-state index contributed by atoms with van der Waals surface area (Å²) in [5.41, 5.74) is 0.956. The van der Waals surface area contributed by atoms with Crippen LogP contribution in [0.25, 0.3) is 0 Å². The molecule has 1 aromatic rings. The first-order valence-electron chi connectivity index (χ1n) is 7.18. The SMILES string of the molecule is COCc1ccc(F)c(O[C@@H]2C[C@@H]3CC[C@@H](C3)C2)c1. The smallest absolute Gasteiger partial charge is 0.165 e. The van der Waals surface area contributed by atoms with Gasteiger partial charge in [-0.05, 0) is 48.8 Å². The number of halogens is 1. The van der Waals surface area contributed by atoms with Gasteiger partial charge in [-0.2, -0.15) is 0 Å². The van der Waals surface area contributed by atoms with E-state index in [2.05, 4.69) is 0 Å². The third-order valence-corrected chi connectivity index (χ3v) is 4.44. The minimum absolute atomic E-state index is 0.193. The predicted molar refractivity (Wildman–Crippen MR) is 71.6 cm³/mol. The molecule has 3 rings (SSSR count). The number of ether oxygens (including phenoxy) is 2. The molecule has 0 spiro atoms. The van der Waals surface area contributed by atoms with Gasteiger partial charge in [-0.3, -0.25) is 0 Å². The average Bonchev–Trinajstić information content (AvgIpc) is 2.73. The molecule has 0 radical (unpaired) electrons. The lowest BCUT2D eigenvalue weighted by Gasteiger charge is -2.28. The summed E-state index contributed by atoms with van der Waals surface area (Å²) in [6.07, 6.45) is 6.38. The summed E-state index contributed by atoms with van der Waals surface area (Å²) in [6.45, 7) is 0.493. The van der Waals surface area contributed by atoms with Crippen molar-refractivity contribution in [2.75, 3.05) is 7.11 Å². The molecule has 0 amide bonds. The normalized spacial score (nSPS) is 29.5. The van der Waals surface area contributed by atoms with Gasteiger partial charge in [0.25, 0.3) is 0 Å². The highest BCUT2D eigenvalue weighted by Gasteiger charge is 2.35. The molecule has 2 fully saturated rings. The lowest BCUT2D eigenvalue weighted by molar-refractivity contribution is 0.113. The van der Waals surface area contributed by atoms with Crippen LogP contribution in [0.5, 0.6) is 5.75 Å². The largest absolute Gasteiger partial charge is 0.487 e. The van der Waals surface area contributed by atoms with Crippen molar-refractivity contribution in [2.45, 2.75) is 44.8 Å². The fraction of sp³-hybridized carbons (Fsp3) is 0.625. The van der Waals surface area contributed by atoms with Gasteiger partial charge in [-0.15, -0.1) is 0 Å². The van der Waals surface area contributed by atoms with Gasteiger partial charge in [0, 0.05) is 7.11 Å². The van der Waals surface area contributed by atoms with Crippen molar-refractivity contribution in [1.29, 1.82) is 0 Å². The van der Waals surface area contributed by atoms with Crippen molar-refractivity contribution < 1.29 is 13.9 Å². The first kappa shape index (κ1) is 12.9. The van der Waals surface area contributed by atoms with E-state index in [1.54, 1.807) is 19.2 Å². The number of fused-ring (bicyclic) bond motifs is 2. The van der Waals surface area contributed by atoms with E-state index < -0.39 is 0 Å². The summed E-state index contributed by atoms with van der Waals surface area (Å²) in [4.78, 5) is 0. The molecule has 3 atom stereocenters. The molecular weight excluding hydrogens is 243 g/mol. The predicted octanol–water partition coefficient (Wildman–Crippen LogP) is 3.93. The zero-order chi connectivity index (χ0) is 13.2. The molecule has 0 saturated heterocycles. The van der Waals surface area contributed by atoms with Crippen LogP contribution in [0.3, 0.4) is 0 Å². The lowest BCUT2D eigenvalue weighted by atomic mass is 9.87. The van der Waals surface area contributed by atoms with Gasteiger partial charge in [-0.1, -0.05) is 18.9 Å². The van der Waals surface area contributed by atoms with Crippen LogP contribution in [0.2, 0.25) is 0 Å². The number of benzene rings is 1. The Morgan fingerprint density at radius 3 is 2.58 bits per heavy atom. The third-order valence-electron chi connectivity index (χ3n) is 4.44. The Morgan fingerprint density at radius 1 is 1.16 bits per heavy atom. The van der Waals surface area contributed by atoms with Gasteiger partial charge in [0.1, 0.15) is 0 Å². The highest BCUT2D eigenvalue weighted by atomic mass is 19.1. The fourth-order valence-electron chi connectivity index (χ4n) is 3.62. The molecule has 2 saturated carbocycles. The standard InChI is InChI=1S/C16H21FO2/c1-18-10-13-4-5-15(17)16(9-13)19-14-7-11-2-3-12(6-11)8-14/h4-5,9,11-12,14H,2-3,6-8,10H2,1H3/t11-,12+,14-. The van der Waals surface area contributed by atoms with E-state index in [1.165, 1.54) is 25.3 Å². The molecule has 0 unspecified atom stereocenters. The van der Waals surface area contributed by atoms with Gasteiger partial charge in [-0.25, -0.2) is 4.39 Å². The molecule has 19 heavy (non-hydrogen) atoms. The Hall–Kier alpha value is -1.09. The maximum atomic E-state index is 13.8. The second-order valence-electron chi connectivity index (χ2n) is 5.95. The molecule has 3 heteroatoms. The summed E-state index contributed by atoms with van der Waals surface area (Å²) in [5, 5.41) is 0. The highest BCUT2D eigenvalue weighted by molar-refractivity contribution is 5.30. The third kappa shape index (κ3) is 2.92. The van der Waals surface area contributed by atoms with E-state index in [-0.39, 0.29) is 11.9 Å². The van der Waals surface area contributed by atoms with Crippen LogP contribution < -0.4 is 4.74 Å². The van der Waals surface area contributed by atoms with Crippen LogP contribution in [-0.2, 0) is 11.3 Å². The van der Waals surface area contributed by atoms with Crippen molar-refractivity contribution in [3.63, 3.8) is 0 Å². The van der Waals surface area contributed by atoms with E-state index in [0.717, 1.165) is 30.2 Å². The molecular formula is C16H21FO2. The van der Waals surface area contributed by atoms with Crippen LogP contribution in [0.15, 0.2) is 18.2 Å². The van der Waals surface area contributed by atoms with Gasteiger partial charge in [0.05, 0.1) is 12.7 Å². The molecule has 104 valence electrons. The van der Waals surface area contributed by atoms with E-state index in [9.17, 15) is 4.39 Å². The summed E-state index contributed by atoms with van der Waals surface area (Å²) >= 11 is 0. The lowest BCUT2D eigenvalue weighted by Crippen LogP contribution is -2.26. The van der Waals surface area contributed by atoms with Crippen molar-refractivity contribution in [1.82, 2.24) is 0 Å². The second kappa shape index (κ2) is 5.49. The van der Waals surface area contributed by atoms with E-state index in [4.69, 9.17) is 9.47 Å². The van der Waals surface area contributed by atoms with E-state index in [1.807, 2.05) is 0 Å². The van der Waals surface area contributed by atoms with Gasteiger partial charge < -0.3 is 9.47 Å². The molecule has 1 aromatic carbocycles. The molecule has 2 aliphatic rings. The Labute approximate surface area is 113 Å². The quantitative estimate of drug-likeness (QED) is 0.820. The number of hydrogen-bond donors (Lipinski definition) is 0. The molecule has 2 bridgehead atoms. The van der Waals surface area contributed by atoms with Crippen molar-refractivity contribution in [3.8, 4) is 5.75 Å². The Morgan fingerprint density at radius 2 is 1.89 bits per heavy atom. The topological polar surface area (TPSA) is 18.5 Å². The fourth-order valence-corrected chi connectivity index (χ4v) is 3.62. The summed E-state index contributed by atoms with van der Waals surface area (Å²) < 4.78 is 24.8. The van der Waals surface area contributed by atoms with Crippen LogP contribution in [0.1, 0.15) is 37.7 Å². The zero-order valence-corrected chi connectivity index (χ0v) is 11.4. The maximum Gasteiger partial charge on any atom is 0.165 e. The zero-order valence-electron chi connectivity index (χ0n) is 11.4. The van der Waals surface area contributed by atoms with Crippen LogP contribution in [0, 0.1) is 17.7 Å². The van der Waals surface area contributed by atoms with Gasteiger partial charge in [0.15, 0.2) is 11.6 Å². The Kier molecular flexibility index (Phi) is 3.74. The summed E-state index contributed by atoms with van der Waals surface area (Å²) in [7, 11) is 1.64.